The third kappa shape index (κ3) is 3.16. The summed E-state index contributed by atoms with van der Waals surface area (Å²) in [7, 11) is 0. The van der Waals surface area contributed by atoms with Crippen molar-refractivity contribution in [3.05, 3.63) is 55.6 Å². The molecule has 1 heterocycles. The zero-order valence-electron chi connectivity index (χ0n) is 11.7. The van der Waals surface area contributed by atoms with Crippen LogP contribution in [0.15, 0.2) is 27.8 Å². The van der Waals surface area contributed by atoms with Crippen LogP contribution in [0.4, 0.5) is 4.39 Å². The number of aryl methyl sites for hydroxylation is 1. The number of nitrogens with one attached hydrogen (secondary N) is 1. The van der Waals surface area contributed by atoms with Crippen LogP contribution >= 0.6 is 11.6 Å². The van der Waals surface area contributed by atoms with E-state index in [1.807, 2.05) is 0 Å². The molecule has 21 heavy (non-hydrogen) atoms. The van der Waals surface area contributed by atoms with Crippen LogP contribution in [-0.2, 0) is 0 Å². The smallest absolute Gasteiger partial charge is 0.333 e. The third-order valence-electron chi connectivity index (χ3n) is 2.67. The van der Waals surface area contributed by atoms with Crippen LogP contribution in [0.2, 0.25) is 5.02 Å². The van der Waals surface area contributed by atoms with Crippen molar-refractivity contribution in [2.24, 2.45) is 0 Å². The molecular weight excluding hydrogens is 299 g/mol. The van der Waals surface area contributed by atoms with Crippen molar-refractivity contribution in [3.63, 3.8) is 0 Å². The maximum absolute atomic E-state index is 14.1. The maximum Gasteiger partial charge on any atom is 0.333 e. The number of benzene rings is 1. The Bertz CT molecular complexity index is 765. The molecule has 2 rings (SSSR count). The van der Waals surface area contributed by atoms with E-state index in [9.17, 15) is 14.0 Å². The molecule has 0 saturated heterocycles. The standard InChI is InChI=1S/C14H14ClFN2O3/c1-7(2)21-12-6-11(10(16)5-9(12)15)18-13(19)4-8(3)17-14(18)20/h4-7H,1-3H3,(H,17,20). The number of rotatable bonds is 3. The highest BCUT2D eigenvalue weighted by Crippen LogP contribution is 2.29. The zero-order chi connectivity index (χ0) is 15.7. The summed E-state index contributed by atoms with van der Waals surface area (Å²) in [6, 6.07) is 3.46. The molecule has 0 bridgehead atoms. The van der Waals surface area contributed by atoms with Crippen LogP contribution in [0.25, 0.3) is 5.69 Å². The average molecular weight is 313 g/mol. The van der Waals surface area contributed by atoms with Crippen molar-refractivity contribution in [3.8, 4) is 11.4 Å². The molecule has 0 unspecified atom stereocenters. The Labute approximate surface area is 125 Å². The monoisotopic (exact) mass is 312 g/mol. The van der Waals surface area contributed by atoms with E-state index in [1.54, 1.807) is 20.8 Å². The maximum atomic E-state index is 14.1. The van der Waals surface area contributed by atoms with Gasteiger partial charge >= 0.3 is 5.69 Å². The number of aromatic amines is 1. The SMILES string of the molecule is Cc1cc(=O)n(-c2cc(OC(C)C)c(Cl)cc2F)c(=O)[nH]1. The first-order valence-corrected chi connectivity index (χ1v) is 6.66. The van der Waals surface area contributed by atoms with Crippen molar-refractivity contribution < 1.29 is 9.13 Å². The van der Waals surface area contributed by atoms with E-state index in [2.05, 4.69) is 4.98 Å². The number of hydrogen-bond donors (Lipinski definition) is 1. The molecule has 1 aromatic heterocycles. The molecule has 0 saturated carbocycles. The number of aromatic nitrogens is 2. The van der Waals surface area contributed by atoms with Gasteiger partial charge in [0.2, 0.25) is 0 Å². The second-order valence-electron chi connectivity index (χ2n) is 4.83. The van der Waals surface area contributed by atoms with Gasteiger partial charge in [0.15, 0.2) is 0 Å². The normalized spacial score (nSPS) is 11.0. The Morgan fingerprint density at radius 3 is 2.52 bits per heavy atom. The summed E-state index contributed by atoms with van der Waals surface area (Å²) < 4.78 is 20.2. The summed E-state index contributed by atoms with van der Waals surface area (Å²) in [6.45, 7) is 5.13. The highest BCUT2D eigenvalue weighted by atomic mass is 35.5. The van der Waals surface area contributed by atoms with Crippen LogP contribution in [0, 0.1) is 12.7 Å². The highest BCUT2D eigenvalue weighted by Gasteiger charge is 2.15. The quantitative estimate of drug-likeness (QED) is 0.946. The molecule has 0 aliphatic rings. The first kappa shape index (κ1) is 15.3. The van der Waals surface area contributed by atoms with E-state index < -0.39 is 17.1 Å². The van der Waals surface area contributed by atoms with Gasteiger partial charge in [-0.2, -0.15) is 0 Å². The molecular formula is C14H14ClFN2O3. The zero-order valence-corrected chi connectivity index (χ0v) is 12.5. The third-order valence-corrected chi connectivity index (χ3v) is 2.97. The Morgan fingerprint density at radius 2 is 1.95 bits per heavy atom. The van der Waals surface area contributed by atoms with E-state index in [0.29, 0.717) is 10.3 Å². The molecule has 0 amide bonds. The summed E-state index contributed by atoms with van der Waals surface area (Å²) in [4.78, 5) is 26.3. The lowest BCUT2D eigenvalue weighted by molar-refractivity contribution is 0.242. The van der Waals surface area contributed by atoms with Gasteiger partial charge in [-0.15, -0.1) is 0 Å². The molecule has 1 aromatic carbocycles. The van der Waals surface area contributed by atoms with Crippen molar-refractivity contribution in [1.29, 1.82) is 0 Å². The van der Waals surface area contributed by atoms with Crippen molar-refractivity contribution >= 4 is 11.6 Å². The Kier molecular flexibility index (Phi) is 4.18. The van der Waals surface area contributed by atoms with Gasteiger partial charge in [0.05, 0.1) is 16.8 Å². The lowest BCUT2D eigenvalue weighted by Crippen LogP contribution is -2.34. The molecule has 0 spiro atoms. The van der Waals surface area contributed by atoms with Gasteiger partial charge in [0.1, 0.15) is 11.6 Å². The highest BCUT2D eigenvalue weighted by molar-refractivity contribution is 6.32. The first-order valence-electron chi connectivity index (χ1n) is 6.28. The predicted molar refractivity (Wildman–Crippen MR) is 78.1 cm³/mol. The van der Waals surface area contributed by atoms with Crippen molar-refractivity contribution in [2.75, 3.05) is 0 Å². The summed E-state index contributed by atoms with van der Waals surface area (Å²) in [5.41, 5.74) is -1.17. The minimum Gasteiger partial charge on any atom is -0.489 e. The van der Waals surface area contributed by atoms with Crippen LogP contribution in [0.3, 0.4) is 0 Å². The fourth-order valence-corrected chi connectivity index (χ4v) is 2.07. The van der Waals surface area contributed by atoms with E-state index in [0.717, 1.165) is 6.07 Å². The van der Waals surface area contributed by atoms with Gasteiger partial charge < -0.3 is 9.72 Å². The Balaban J connectivity index is 2.70. The summed E-state index contributed by atoms with van der Waals surface area (Å²) >= 11 is 5.90. The largest absolute Gasteiger partial charge is 0.489 e. The fraction of sp³-hybridized carbons (Fsp3) is 0.286. The minimum atomic E-state index is -0.785. The molecule has 0 radical (unpaired) electrons. The van der Waals surface area contributed by atoms with Crippen molar-refractivity contribution in [1.82, 2.24) is 9.55 Å². The second-order valence-corrected chi connectivity index (χ2v) is 5.24. The Hall–Kier alpha value is -2.08. The van der Waals surface area contributed by atoms with E-state index in [1.165, 1.54) is 12.1 Å². The summed E-state index contributed by atoms with van der Waals surface area (Å²) in [5.74, 6) is -0.581. The predicted octanol–water partition coefficient (Wildman–Crippen LogP) is 2.41. The van der Waals surface area contributed by atoms with E-state index >= 15 is 0 Å². The van der Waals surface area contributed by atoms with Gasteiger partial charge in [-0.1, -0.05) is 11.6 Å². The summed E-state index contributed by atoms with van der Waals surface area (Å²) in [6.07, 6.45) is -0.186. The number of ether oxygens (including phenoxy) is 1. The van der Waals surface area contributed by atoms with E-state index in [4.69, 9.17) is 16.3 Å². The second kappa shape index (κ2) is 5.73. The number of halogens is 2. The van der Waals surface area contributed by atoms with Crippen LogP contribution in [0.5, 0.6) is 5.75 Å². The van der Waals surface area contributed by atoms with Gasteiger partial charge in [-0.05, 0) is 26.8 Å². The van der Waals surface area contributed by atoms with Crippen LogP contribution < -0.4 is 16.0 Å². The lowest BCUT2D eigenvalue weighted by Gasteiger charge is -2.14. The van der Waals surface area contributed by atoms with Crippen LogP contribution in [-0.4, -0.2) is 15.7 Å². The molecule has 5 nitrogen and oxygen atoms in total. The lowest BCUT2D eigenvalue weighted by atomic mass is 10.2. The molecule has 1 N–H and O–H groups in total. The van der Waals surface area contributed by atoms with Crippen molar-refractivity contribution in [2.45, 2.75) is 26.9 Å². The average Bonchev–Trinajstić information content (AvgIpc) is 2.32. The molecule has 0 aliphatic carbocycles. The summed E-state index contributed by atoms with van der Waals surface area (Å²) in [5, 5.41) is 0.0709. The Morgan fingerprint density at radius 1 is 1.29 bits per heavy atom. The molecule has 2 aromatic rings. The van der Waals surface area contributed by atoms with Gasteiger partial charge in [0.25, 0.3) is 5.56 Å². The van der Waals surface area contributed by atoms with Gasteiger partial charge in [-0.25, -0.2) is 13.8 Å². The molecule has 7 heteroatoms. The minimum absolute atomic E-state index is 0.0709. The van der Waals surface area contributed by atoms with E-state index in [-0.39, 0.29) is 22.6 Å². The van der Waals surface area contributed by atoms with Gasteiger partial charge in [0, 0.05) is 17.8 Å². The topological polar surface area (TPSA) is 64.1 Å². The van der Waals surface area contributed by atoms with Gasteiger partial charge in [-0.3, -0.25) is 4.79 Å². The molecule has 112 valence electrons. The fourth-order valence-electron chi connectivity index (χ4n) is 1.87. The molecule has 0 fully saturated rings. The van der Waals surface area contributed by atoms with Crippen LogP contribution in [0.1, 0.15) is 19.5 Å². The molecule has 0 aliphatic heterocycles. The number of H-pyrrole nitrogens is 1. The number of nitrogens with zero attached hydrogens (tertiary/aromatic N) is 1. The number of hydrogen-bond acceptors (Lipinski definition) is 3. The molecule has 0 atom stereocenters. The first-order chi connectivity index (χ1) is 9.79.